The zero-order valence-electron chi connectivity index (χ0n) is 8.21. The highest BCUT2D eigenvalue weighted by molar-refractivity contribution is 5.75. The summed E-state index contributed by atoms with van der Waals surface area (Å²) in [6, 6.07) is 0. The largest absolute Gasteiger partial charge is 0.389 e. The molecule has 16 heavy (non-hydrogen) atoms. The summed E-state index contributed by atoms with van der Waals surface area (Å²) in [5, 5.41) is 1.99. The molecule has 96 valence electrons. The molecule has 0 aromatic carbocycles. The van der Waals surface area contributed by atoms with Crippen molar-refractivity contribution in [2.45, 2.75) is 38.0 Å². The van der Waals surface area contributed by atoms with Crippen molar-refractivity contribution >= 4 is 5.91 Å². The number of rotatable bonds is 5. The second-order valence-corrected chi connectivity index (χ2v) is 3.18. The Morgan fingerprint density at radius 1 is 0.938 bits per heavy atom. The van der Waals surface area contributed by atoms with Gasteiger partial charge in [-0.2, -0.15) is 26.3 Å². The van der Waals surface area contributed by atoms with Crippen molar-refractivity contribution < 1.29 is 31.1 Å². The van der Waals surface area contributed by atoms with Crippen LogP contribution in [0.3, 0.4) is 0 Å². The number of alkyl halides is 6. The van der Waals surface area contributed by atoms with Crippen LogP contribution in [0.2, 0.25) is 0 Å². The highest BCUT2D eigenvalue weighted by atomic mass is 19.4. The fraction of sp³-hybridized carbons (Fsp3) is 0.875. The van der Waals surface area contributed by atoms with Gasteiger partial charge in [0.2, 0.25) is 5.91 Å². The first-order chi connectivity index (χ1) is 7.10. The highest BCUT2D eigenvalue weighted by Gasteiger charge is 2.28. The zero-order chi connectivity index (χ0) is 12.8. The molecule has 0 rings (SSSR count). The van der Waals surface area contributed by atoms with Gasteiger partial charge in [0.25, 0.3) is 0 Å². The zero-order valence-corrected chi connectivity index (χ0v) is 8.21. The Balaban J connectivity index is 3.52. The number of amides is 1. The van der Waals surface area contributed by atoms with E-state index in [0.29, 0.717) is 0 Å². The average Bonchev–Trinajstić information content (AvgIpc) is 2.06. The molecule has 0 heterocycles. The normalized spacial score (nSPS) is 12.6. The molecule has 0 aliphatic heterocycles. The predicted molar refractivity (Wildman–Crippen MR) is 43.6 cm³/mol. The van der Waals surface area contributed by atoms with Crippen molar-refractivity contribution in [3.63, 3.8) is 0 Å². The summed E-state index contributed by atoms with van der Waals surface area (Å²) in [4.78, 5) is 10.7. The van der Waals surface area contributed by atoms with Crippen LogP contribution in [0.4, 0.5) is 26.3 Å². The Morgan fingerprint density at radius 3 is 1.88 bits per heavy atom. The van der Waals surface area contributed by atoms with Crippen LogP contribution in [-0.2, 0) is 4.79 Å². The minimum absolute atomic E-state index is 0.268. The summed E-state index contributed by atoms with van der Waals surface area (Å²) in [7, 11) is 0. The quantitative estimate of drug-likeness (QED) is 0.590. The monoisotopic (exact) mass is 251 g/mol. The molecule has 0 fully saturated rings. The summed E-state index contributed by atoms with van der Waals surface area (Å²) >= 11 is 0. The molecule has 0 radical (unpaired) electrons. The molecule has 0 unspecified atom stereocenters. The first kappa shape index (κ1) is 15.0. The summed E-state index contributed by atoms with van der Waals surface area (Å²) < 4.78 is 69.8. The molecule has 0 aromatic heterocycles. The maximum Gasteiger partial charge on any atom is 0.389 e. The van der Waals surface area contributed by atoms with E-state index in [2.05, 4.69) is 0 Å². The Labute approximate surface area is 88.0 Å². The fourth-order valence-electron chi connectivity index (χ4n) is 0.860. The van der Waals surface area contributed by atoms with Crippen LogP contribution in [-0.4, -0.2) is 24.8 Å². The van der Waals surface area contributed by atoms with Gasteiger partial charge in [0.15, 0.2) is 0 Å². The van der Waals surface area contributed by atoms with Crippen LogP contribution in [0.5, 0.6) is 0 Å². The fourth-order valence-corrected chi connectivity index (χ4v) is 0.860. The van der Waals surface area contributed by atoms with Gasteiger partial charge in [-0.25, -0.2) is 0 Å². The van der Waals surface area contributed by atoms with Crippen molar-refractivity contribution in [3.05, 3.63) is 0 Å². The molecule has 0 aliphatic carbocycles. The van der Waals surface area contributed by atoms with Crippen molar-refractivity contribution in [3.8, 4) is 0 Å². The predicted octanol–water partition coefficient (Wildman–Crippen LogP) is 2.79. The summed E-state index contributed by atoms with van der Waals surface area (Å²) in [6.45, 7) is -0.268. The lowest BCUT2D eigenvalue weighted by Gasteiger charge is -2.08. The van der Waals surface area contributed by atoms with Crippen LogP contribution in [0.15, 0.2) is 0 Å². The van der Waals surface area contributed by atoms with Gasteiger partial charge in [0.05, 0.1) is 6.42 Å². The molecule has 0 saturated carbocycles. The molecular weight excluding hydrogens is 240 g/mol. The van der Waals surface area contributed by atoms with Crippen LogP contribution in [0, 0.1) is 0 Å². The van der Waals surface area contributed by atoms with Crippen LogP contribution in [0.1, 0.15) is 25.7 Å². The van der Waals surface area contributed by atoms with Gasteiger partial charge < -0.3 is 5.32 Å². The van der Waals surface area contributed by atoms with E-state index < -0.39 is 37.5 Å². The lowest BCUT2D eigenvalue weighted by atomic mass is 10.2. The molecule has 8 heteroatoms. The summed E-state index contributed by atoms with van der Waals surface area (Å²) in [5.74, 6) is -0.889. The van der Waals surface area contributed by atoms with E-state index in [0.717, 1.165) is 0 Å². The molecule has 0 saturated heterocycles. The number of halogens is 6. The second kappa shape index (κ2) is 5.95. The van der Waals surface area contributed by atoms with E-state index in [4.69, 9.17) is 0 Å². The second-order valence-electron chi connectivity index (χ2n) is 3.18. The van der Waals surface area contributed by atoms with Gasteiger partial charge in [-0.05, 0) is 6.42 Å². The molecule has 1 N–H and O–H groups in total. The number of carbonyl (C=O) groups excluding carboxylic acids is 1. The molecule has 0 atom stereocenters. The van der Waals surface area contributed by atoms with Crippen molar-refractivity contribution in [2.24, 2.45) is 0 Å². The van der Waals surface area contributed by atoms with Gasteiger partial charge in [0.1, 0.15) is 0 Å². The number of hydrogen-bond acceptors (Lipinski definition) is 1. The van der Waals surface area contributed by atoms with E-state index in [1.807, 2.05) is 5.32 Å². The molecule has 2 nitrogen and oxygen atoms in total. The minimum atomic E-state index is -4.43. The lowest BCUT2D eigenvalue weighted by molar-refractivity contribution is -0.144. The summed E-state index contributed by atoms with van der Waals surface area (Å²) in [5.41, 5.74) is 0. The SMILES string of the molecule is O=C(CCC(F)(F)F)NCCCC(F)(F)F. The molecule has 0 bridgehead atoms. The minimum Gasteiger partial charge on any atom is -0.356 e. The standard InChI is InChI=1S/C8H11F6NO/c9-7(10,11)3-1-5-15-6(16)2-4-8(12,13)14/h1-5H2,(H,15,16). The number of hydrogen-bond donors (Lipinski definition) is 1. The van der Waals surface area contributed by atoms with Gasteiger partial charge in [-0.1, -0.05) is 0 Å². The van der Waals surface area contributed by atoms with E-state index in [1.165, 1.54) is 0 Å². The number of carbonyl (C=O) groups is 1. The third-order valence-electron chi connectivity index (χ3n) is 1.59. The first-order valence-corrected chi connectivity index (χ1v) is 4.50. The van der Waals surface area contributed by atoms with Crippen LogP contribution < -0.4 is 5.32 Å². The summed E-state index contributed by atoms with van der Waals surface area (Å²) in [6.07, 6.45) is -12.2. The topological polar surface area (TPSA) is 29.1 Å². The van der Waals surface area contributed by atoms with Gasteiger partial charge >= 0.3 is 12.4 Å². The maximum absolute atomic E-state index is 11.6. The van der Waals surface area contributed by atoms with Crippen molar-refractivity contribution in [2.75, 3.05) is 6.54 Å². The number of nitrogens with one attached hydrogen (secondary N) is 1. The smallest absolute Gasteiger partial charge is 0.356 e. The molecule has 1 amide bonds. The third kappa shape index (κ3) is 11.1. The first-order valence-electron chi connectivity index (χ1n) is 4.50. The van der Waals surface area contributed by atoms with Gasteiger partial charge in [-0.15, -0.1) is 0 Å². The lowest BCUT2D eigenvalue weighted by Crippen LogP contribution is -2.26. The molecule has 0 spiro atoms. The van der Waals surface area contributed by atoms with E-state index in [1.54, 1.807) is 0 Å². The maximum atomic E-state index is 11.6. The van der Waals surface area contributed by atoms with Crippen molar-refractivity contribution in [1.82, 2.24) is 5.32 Å². The third-order valence-corrected chi connectivity index (χ3v) is 1.59. The highest BCUT2D eigenvalue weighted by Crippen LogP contribution is 2.21. The molecule has 0 aromatic rings. The van der Waals surface area contributed by atoms with Crippen LogP contribution >= 0.6 is 0 Å². The Morgan fingerprint density at radius 2 is 1.44 bits per heavy atom. The van der Waals surface area contributed by atoms with E-state index in [9.17, 15) is 31.1 Å². The van der Waals surface area contributed by atoms with Crippen LogP contribution in [0.25, 0.3) is 0 Å². The van der Waals surface area contributed by atoms with Gasteiger partial charge in [0, 0.05) is 19.4 Å². The van der Waals surface area contributed by atoms with E-state index >= 15 is 0 Å². The van der Waals surface area contributed by atoms with Crippen molar-refractivity contribution in [1.29, 1.82) is 0 Å². The average molecular weight is 251 g/mol. The Hall–Kier alpha value is -0.950. The van der Waals surface area contributed by atoms with Gasteiger partial charge in [-0.3, -0.25) is 4.79 Å². The van der Waals surface area contributed by atoms with E-state index in [-0.39, 0.29) is 13.0 Å². The Kier molecular flexibility index (Phi) is 5.60. The molecular formula is C8H11F6NO. The Bertz CT molecular complexity index is 222. The molecule has 0 aliphatic rings.